The van der Waals surface area contributed by atoms with Gasteiger partial charge in [0.15, 0.2) is 0 Å². The van der Waals surface area contributed by atoms with Crippen LogP contribution in [0.1, 0.15) is 51.4 Å². The largest absolute Gasteiger partial charge is 0.462 e. The molecule has 0 aliphatic heterocycles. The molecule has 1 aromatic rings. The van der Waals surface area contributed by atoms with E-state index < -0.39 is 5.97 Å². The summed E-state index contributed by atoms with van der Waals surface area (Å²) in [4.78, 5) is 26.4. The van der Waals surface area contributed by atoms with Crippen LogP contribution in [0.3, 0.4) is 0 Å². The van der Waals surface area contributed by atoms with Crippen molar-refractivity contribution in [2.45, 2.75) is 57.9 Å². The molecule has 1 rings (SSSR count). The lowest BCUT2D eigenvalue weighted by molar-refractivity contribution is -0.137. The Morgan fingerprint density at radius 3 is 2.58 bits per heavy atom. The Kier molecular flexibility index (Phi) is 11.1. The first-order chi connectivity index (χ1) is 11.7. The number of aromatic nitrogens is 2. The van der Waals surface area contributed by atoms with E-state index in [2.05, 4.69) is 21.4 Å². The average Bonchev–Trinajstić information content (AvgIpc) is 3.10. The van der Waals surface area contributed by atoms with Crippen LogP contribution in [-0.4, -0.2) is 34.6 Å². The minimum atomic E-state index is -0.425. The number of rotatable bonds is 14. The summed E-state index contributed by atoms with van der Waals surface area (Å²) in [7, 11) is 0. The smallest absolute Gasteiger partial charge is 0.330 e. The van der Waals surface area contributed by atoms with Gasteiger partial charge in [0.25, 0.3) is 0 Å². The minimum Gasteiger partial charge on any atom is -0.462 e. The van der Waals surface area contributed by atoms with Gasteiger partial charge in [-0.1, -0.05) is 32.3 Å². The van der Waals surface area contributed by atoms with Gasteiger partial charge in [0, 0.05) is 38.0 Å². The van der Waals surface area contributed by atoms with E-state index in [0.717, 1.165) is 25.5 Å². The van der Waals surface area contributed by atoms with E-state index in [1.165, 1.54) is 25.7 Å². The Bertz CT molecular complexity index is 472. The van der Waals surface area contributed by atoms with Crippen molar-refractivity contribution in [3.05, 3.63) is 31.4 Å². The Morgan fingerprint density at radius 1 is 1.12 bits per heavy atom. The van der Waals surface area contributed by atoms with Gasteiger partial charge in [0.05, 0.1) is 12.9 Å². The summed E-state index contributed by atoms with van der Waals surface area (Å²) in [5, 5.41) is 2.84. The number of imidazole rings is 1. The van der Waals surface area contributed by atoms with Gasteiger partial charge >= 0.3 is 5.97 Å². The van der Waals surface area contributed by atoms with E-state index in [1.54, 1.807) is 6.20 Å². The summed E-state index contributed by atoms with van der Waals surface area (Å²) in [6.45, 7) is 5.20. The van der Waals surface area contributed by atoms with E-state index >= 15 is 0 Å². The number of aryl methyl sites for hydroxylation is 1. The summed E-state index contributed by atoms with van der Waals surface area (Å²) in [6.07, 6.45) is 14.8. The van der Waals surface area contributed by atoms with E-state index in [0.29, 0.717) is 26.0 Å². The third-order valence-corrected chi connectivity index (χ3v) is 3.68. The number of hydrogen-bond donors (Lipinski definition) is 1. The van der Waals surface area contributed by atoms with E-state index in [-0.39, 0.29) is 5.91 Å². The van der Waals surface area contributed by atoms with Crippen molar-refractivity contribution >= 4 is 11.9 Å². The van der Waals surface area contributed by atoms with Crippen molar-refractivity contribution in [2.75, 3.05) is 13.2 Å². The van der Waals surface area contributed by atoms with Gasteiger partial charge in [-0.2, -0.15) is 0 Å². The van der Waals surface area contributed by atoms with Crippen LogP contribution in [-0.2, 0) is 20.9 Å². The number of nitrogens with one attached hydrogen (secondary N) is 1. The summed E-state index contributed by atoms with van der Waals surface area (Å²) in [6, 6.07) is 0. The summed E-state index contributed by atoms with van der Waals surface area (Å²) < 4.78 is 6.93. The number of esters is 1. The molecule has 0 unspecified atom stereocenters. The van der Waals surface area contributed by atoms with Crippen molar-refractivity contribution < 1.29 is 14.3 Å². The number of hydrogen-bond acceptors (Lipinski definition) is 4. The number of carbonyl (C=O) groups is 2. The molecule has 0 fully saturated rings. The van der Waals surface area contributed by atoms with Crippen LogP contribution in [0.25, 0.3) is 0 Å². The van der Waals surface area contributed by atoms with Crippen molar-refractivity contribution in [2.24, 2.45) is 0 Å². The van der Waals surface area contributed by atoms with Gasteiger partial charge in [-0.3, -0.25) is 4.79 Å². The lowest BCUT2D eigenvalue weighted by Gasteiger charge is -2.06. The molecule has 0 aliphatic rings. The molecule has 0 atom stereocenters. The number of carbonyl (C=O) groups excluding carboxylic acids is 2. The molecule has 1 heterocycles. The highest BCUT2D eigenvalue weighted by atomic mass is 16.5. The van der Waals surface area contributed by atoms with Crippen LogP contribution in [0, 0.1) is 0 Å². The first-order valence-corrected chi connectivity index (χ1v) is 8.74. The molecular weight excluding hydrogens is 306 g/mol. The molecular formula is C18H29N3O3. The van der Waals surface area contributed by atoms with Crippen LogP contribution in [0.2, 0.25) is 0 Å². The van der Waals surface area contributed by atoms with Crippen LogP contribution in [0.5, 0.6) is 0 Å². The fourth-order valence-electron chi connectivity index (χ4n) is 2.33. The van der Waals surface area contributed by atoms with E-state index in [4.69, 9.17) is 4.74 Å². The number of ether oxygens (including phenoxy) is 1. The zero-order chi connectivity index (χ0) is 17.5. The molecule has 0 spiro atoms. The number of amides is 1. The monoisotopic (exact) mass is 335 g/mol. The van der Waals surface area contributed by atoms with Gasteiger partial charge in [-0.25, -0.2) is 9.78 Å². The van der Waals surface area contributed by atoms with Crippen molar-refractivity contribution in [1.82, 2.24) is 14.9 Å². The van der Waals surface area contributed by atoms with Crippen molar-refractivity contribution in [3.8, 4) is 0 Å². The highest BCUT2D eigenvalue weighted by molar-refractivity contribution is 5.81. The van der Waals surface area contributed by atoms with E-state index in [1.807, 2.05) is 12.5 Å². The van der Waals surface area contributed by atoms with Crippen molar-refractivity contribution in [1.29, 1.82) is 0 Å². The molecule has 134 valence electrons. The molecule has 0 saturated heterocycles. The number of unbranched alkanes of at least 4 members (excludes halogenated alkanes) is 5. The molecule has 0 saturated carbocycles. The average molecular weight is 335 g/mol. The molecule has 6 nitrogen and oxygen atoms in total. The number of nitrogens with zero attached hydrogens (tertiary/aromatic N) is 2. The molecule has 0 aromatic carbocycles. The molecule has 1 amide bonds. The van der Waals surface area contributed by atoms with Crippen LogP contribution in [0.4, 0.5) is 0 Å². The topological polar surface area (TPSA) is 73.2 Å². The molecule has 6 heteroatoms. The quantitative estimate of drug-likeness (QED) is 0.322. The van der Waals surface area contributed by atoms with Crippen LogP contribution >= 0.6 is 0 Å². The highest BCUT2D eigenvalue weighted by Crippen LogP contribution is 2.08. The lowest BCUT2D eigenvalue weighted by atomic mass is 10.1. The highest BCUT2D eigenvalue weighted by Gasteiger charge is 2.01. The molecule has 0 aliphatic carbocycles. The second-order valence-electron chi connectivity index (χ2n) is 5.75. The SMILES string of the molecule is C=CC(=O)OCCCNC(=O)CCCCCCCCn1ccnc1. The predicted octanol–water partition coefficient (Wildman–Crippen LogP) is 2.85. The maximum Gasteiger partial charge on any atom is 0.330 e. The van der Waals surface area contributed by atoms with E-state index in [9.17, 15) is 9.59 Å². The summed E-state index contributed by atoms with van der Waals surface area (Å²) >= 11 is 0. The Labute approximate surface area is 144 Å². The van der Waals surface area contributed by atoms with Gasteiger partial charge in [-0.05, 0) is 19.3 Å². The lowest BCUT2D eigenvalue weighted by Crippen LogP contribution is -2.25. The fraction of sp³-hybridized carbons (Fsp3) is 0.611. The Morgan fingerprint density at radius 2 is 1.88 bits per heavy atom. The standard InChI is InChI=1S/C18H29N3O3/c1-2-18(23)24-15-9-11-20-17(22)10-7-5-3-4-6-8-13-21-14-12-19-16-21/h2,12,14,16H,1,3-11,13,15H2,(H,20,22). The van der Waals surface area contributed by atoms with Gasteiger partial charge in [0.1, 0.15) is 0 Å². The first kappa shape index (κ1) is 19.9. The second kappa shape index (κ2) is 13.3. The maximum atomic E-state index is 11.6. The van der Waals surface area contributed by atoms with Gasteiger partial charge in [0.2, 0.25) is 5.91 Å². The maximum absolute atomic E-state index is 11.6. The molecule has 1 N–H and O–H groups in total. The summed E-state index contributed by atoms with van der Waals surface area (Å²) in [5.41, 5.74) is 0. The molecule has 1 aromatic heterocycles. The zero-order valence-corrected chi connectivity index (χ0v) is 14.4. The Hall–Kier alpha value is -2.11. The summed E-state index contributed by atoms with van der Waals surface area (Å²) in [5.74, 6) is -0.350. The molecule has 0 bridgehead atoms. The zero-order valence-electron chi connectivity index (χ0n) is 14.4. The predicted molar refractivity (Wildman–Crippen MR) is 93.3 cm³/mol. The van der Waals surface area contributed by atoms with Crippen molar-refractivity contribution in [3.63, 3.8) is 0 Å². The normalized spacial score (nSPS) is 10.3. The molecule has 24 heavy (non-hydrogen) atoms. The third-order valence-electron chi connectivity index (χ3n) is 3.68. The fourth-order valence-corrected chi connectivity index (χ4v) is 2.33. The minimum absolute atomic E-state index is 0.0742. The van der Waals surface area contributed by atoms with Gasteiger partial charge in [-0.15, -0.1) is 0 Å². The Balaban J connectivity index is 1.82. The van der Waals surface area contributed by atoms with Crippen LogP contribution < -0.4 is 5.32 Å². The van der Waals surface area contributed by atoms with Gasteiger partial charge < -0.3 is 14.6 Å². The second-order valence-corrected chi connectivity index (χ2v) is 5.75. The third kappa shape index (κ3) is 10.6. The van der Waals surface area contributed by atoms with Crippen LogP contribution in [0.15, 0.2) is 31.4 Å². The molecule has 0 radical (unpaired) electrons. The first-order valence-electron chi connectivity index (χ1n) is 8.74.